The van der Waals surface area contributed by atoms with Crippen molar-refractivity contribution in [3.05, 3.63) is 105 Å². The third kappa shape index (κ3) is 6.57. The molecule has 270 valence electrons. The zero-order chi connectivity index (χ0) is 35.9. The highest BCUT2D eigenvalue weighted by Gasteiger charge is 2.29. The fourth-order valence-corrected chi connectivity index (χ4v) is 7.76. The maximum absolute atomic E-state index is 15.6. The van der Waals surface area contributed by atoms with E-state index in [-0.39, 0.29) is 17.0 Å². The number of halogens is 1. The van der Waals surface area contributed by atoms with Crippen LogP contribution in [0.3, 0.4) is 0 Å². The molecular formula is C38H41FN8O4S. The van der Waals surface area contributed by atoms with Gasteiger partial charge in [0.25, 0.3) is 0 Å². The van der Waals surface area contributed by atoms with Gasteiger partial charge in [0.15, 0.2) is 5.82 Å². The van der Waals surface area contributed by atoms with Crippen LogP contribution in [0.5, 0.6) is 5.75 Å². The minimum absolute atomic E-state index is 0.101. The number of methoxy groups -OCH3 is 1. The third-order valence-electron chi connectivity index (χ3n) is 10.4. The molecule has 12 nitrogen and oxygen atoms in total. The molecule has 4 heterocycles. The van der Waals surface area contributed by atoms with Gasteiger partial charge in [-0.05, 0) is 61.5 Å². The Hall–Kier alpha value is -5.05. The Bertz CT molecular complexity index is 2240. The monoisotopic (exact) mass is 724 g/mol. The number of aromatic carboxylic acids is 1. The maximum atomic E-state index is 15.6. The molecule has 3 fully saturated rings. The Kier molecular flexibility index (Phi) is 9.28. The van der Waals surface area contributed by atoms with Crippen LogP contribution in [0.2, 0.25) is 0 Å². The van der Waals surface area contributed by atoms with Gasteiger partial charge in [-0.15, -0.1) is 0 Å². The van der Waals surface area contributed by atoms with Crippen molar-refractivity contribution in [3.8, 4) is 11.4 Å². The van der Waals surface area contributed by atoms with E-state index in [0.717, 1.165) is 62.0 Å². The first-order valence-electron chi connectivity index (χ1n) is 17.7. The number of ether oxygens (including phenoxy) is 1. The molecule has 1 aliphatic carbocycles. The van der Waals surface area contributed by atoms with Gasteiger partial charge in [0.2, 0.25) is 10.2 Å². The first kappa shape index (κ1) is 34.1. The summed E-state index contributed by atoms with van der Waals surface area (Å²) < 4.78 is 27.6. The van der Waals surface area contributed by atoms with Gasteiger partial charge in [0, 0.05) is 75.7 Å². The first-order chi connectivity index (χ1) is 25.3. The molecule has 3 aliphatic rings. The number of hydrogen-bond donors (Lipinski definition) is 1. The Balaban J connectivity index is 0.981. The number of anilines is 2. The summed E-state index contributed by atoms with van der Waals surface area (Å²) in [4.78, 5) is 33.8. The Morgan fingerprint density at radius 1 is 0.904 bits per heavy atom. The largest absolute Gasteiger partial charge is 0.495 e. The van der Waals surface area contributed by atoms with Crippen LogP contribution in [0.1, 0.15) is 35.1 Å². The lowest BCUT2D eigenvalue weighted by Crippen LogP contribution is -2.47. The summed E-state index contributed by atoms with van der Waals surface area (Å²) in [6.45, 7) is 7.10. The van der Waals surface area contributed by atoms with E-state index in [1.807, 2.05) is 62.7 Å². The average Bonchev–Trinajstić information content (AvgIpc) is 3.97. The number of hydrogen-bond acceptors (Lipinski definition) is 9. The normalized spacial score (nSPS) is 17.2. The average molecular weight is 725 g/mol. The second-order valence-electron chi connectivity index (χ2n) is 13.7. The summed E-state index contributed by atoms with van der Waals surface area (Å²) in [5, 5.41) is 14.8. The number of carboxylic acids is 1. The van der Waals surface area contributed by atoms with Crippen LogP contribution in [0, 0.1) is 10.6 Å². The van der Waals surface area contributed by atoms with E-state index in [9.17, 15) is 14.7 Å². The third-order valence-corrected chi connectivity index (χ3v) is 10.8. The van der Waals surface area contributed by atoms with Crippen molar-refractivity contribution in [2.45, 2.75) is 32.1 Å². The standard InChI is InChI=1S/C38H41FN8O4S/c1-51-34-10-6-5-9-31(34)43-17-13-41(14-18-43)24-35-40-46(38(52)47(35)27-7-3-2-4-8-27)25-42-15-19-44(20-16-42)33-22-32-28(21-30(33)39)36(48)29(37(49)50)23-45(32)26-11-12-26/h2-10,21-23,26H,11-20,24-25H2,1H3,(H,49,50). The molecule has 1 N–H and O–H groups in total. The van der Waals surface area contributed by atoms with Crippen molar-refractivity contribution >= 4 is 40.5 Å². The van der Waals surface area contributed by atoms with Crippen LogP contribution in [-0.2, 0) is 13.2 Å². The van der Waals surface area contributed by atoms with E-state index in [4.69, 9.17) is 22.1 Å². The zero-order valence-corrected chi connectivity index (χ0v) is 29.8. The lowest BCUT2D eigenvalue weighted by Gasteiger charge is -2.36. The van der Waals surface area contributed by atoms with Gasteiger partial charge < -0.3 is 24.2 Å². The Morgan fingerprint density at radius 2 is 1.56 bits per heavy atom. The summed E-state index contributed by atoms with van der Waals surface area (Å²) in [6, 6.07) is 21.3. The quantitative estimate of drug-likeness (QED) is 0.198. The maximum Gasteiger partial charge on any atom is 0.341 e. The molecule has 0 radical (unpaired) electrons. The lowest BCUT2D eigenvalue weighted by molar-refractivity contribution is 0.0694. The number of benzene rings is 3. The predicted octanol–water partition coefficient (Wildman–Crippen LogP) is 5.00. The number of fused-ring (bicyclic) bond motifs is 1. The molecule has 2 aliphatic heterocycles. The van der Waals surface area contributed by atoms with E-state index in [1.54, 1.807) is 13.2 Å². The molecule has 0 atom stereocenters. The van der Waals surface area contributed by atoms with Gasteiger partial charge >= 0.3 is 5.97 Å². The molecule has 52 heavy (non-hydrogen) atoms. The SMILES string of the molecule is COc1ccccc1N1CCN(Cc2nn(CN3CCN(c4cc5c(cc4F)c(=O)c(C(=O)O)cn5C4CC4)CC3)c(=S)n2-c2ccccc2)CC1. The Labute approximate surface area is 305 Å². The van der Waals surface area contributed by atoms with E-state index in [1.165, 1.54) is 12.3 Å². The van der Waals surface area contributed by atoms with Crippen molar-refractivity contribution in [2.24, 2.45) is 0 Å². The summed E-state index contributed by atoms with van der Waals surface area (Å²) >= 11 is 6.05. The molecule has 14 heteroatoms. The van der Waals surface area contributed by atoms with Crippen LogP contribution in [0.25, 0.3) is 16.6 Å². The number of carboxylic acid groups (broad SMARTS) is 1. The van der Waals surface area contributed by atoms with Crippen LogP contribution < -0.4 is 20.0 Å². The smallest absolute Gasteiger partial charge is 0.341 e. The molecule has 2 saturated heterocycles. The van der Waals surface area contributed by atoms with E-state index < -0.39 is 17.2 Å². The molecule has 3 aromatic carbocycles. The van der Waals surface area contributed by atoms with Gasteiger partial charge in [0.05, 0.1) is 37.2 Å². The molecule has 0 amide bonds. The van der Waals surface area contributed by atoms with Gasteiger partial charge in [-0.25, -0.2) is 13.9 Å². The number of para-hydroxylation sites is 3. The minimum Gasteiger partial charge on any atom is -0.495 e. The van der Waals surface area contributed by atoms with Gasteiger partial charge in [-0.1, -0.05) is 30.3 Å². The highest BCUT2D eigenvalue weighted by atomic mass is 32.1. The summed E-state index contributed by atoms with van der Waals surface area (Å²) in [7, 11) is 1.71. The van der Waals surface area contributed by atoms with E-state index in [0.29, 0.717) is 55.4 Å². The molecule has 0 unspecified atom stereocenters. The second-order valence-corrected chi connectivity index (χ2v) is 14.1. The number of carbonyl (C=O) groups is 1. The number of pyridine rings is 1. The highest BCUT2D eigenvalue weighted by molar-refractivity contribution is 7.71. The van der Waals surface area contributed by atoms with Gasteiger partial charge in [0.1, 0.15) is 17.1 Å². The van der Waals surface area contributed by atoms with Crippen LogP contribution in [-0.4, -0.2) is 99.3 Å². The number of aromatic nitrogens is 4. The van der Waals surface area contributed by atoms with Gasteiger partial charge in [-0.3, -0.25) is 19.2 Å². The molecule has 2 aromatic heterocycles. The summed E-state index contributed by atoms with van der Waals surface area (Å²) in [5.41, 5.74) is 2.08. The number of piperazine rings is 2. The summed E-state index contributed by atoms with van der Waals surface area (Å²) in [6.07, 6.45) is 3.21. The minimum atomic E-state index is -1.30. The number of nitrogens with zero attached hydrogens (tertiary/aromatic N) is 8. The fraction of sp³-hybridized carbons (Fsp3) is 0.368. The van der Waals surface area contributed by atoms with E-state index >= 15 is 4.39 Å². The first-order valence-corrected chi connectivity index (χ1v) is 18.1. The second kappa shape index (κ2) is 14.2. The van der Waals surface area contributed by atoms with Crippen LogP contribution in [0.15, 0.2) is 77.7 Å². The van der Waals surface area contributed by atoms with Crippen LogP contribution in [0.4, 0.5) is 15.8 Å². The van der Waals surface area contributed by atoms with Crippen molar-refractivity contribution in [2.75, 3.05) is 69.3 Å². The number of rotatable bonds is 10. The molecule has 0 spiro atoms. The molecule has 5 aromatic rings. The molecule has 0 bridgehead atoms. The fourth-order valence-electron chi connectivity index (χ4n) is 7.45. The lowest BCUT2D eigenvalue weighted by atomic mass is 10.1. The zero-order valence-electron chi connectivity index (χ0n) is 29.0. The van der Waals surface area contributed by atoms with Crippen LogP contribution >= 0.6 is 12.2 Å². The highest BCUT2D eigenvalue weighted by Crippen LogP contribution is 2.38. The van der Waals surface area contributed by atoms with E-state index in [2.05, 4.69) is 25.3 Å². The van der Waals surface area contributed by atoms with Gasteiger partial charge in [-0.2, -0.15) is 5.10 Å². The Morgan fingerprint density at radius 3 is 2.23 bits per heavy atom. The van der Waals surface area contributed by atoms with Crippen molar-refractivity contribution < 1.29 is 19.0 Å². The topological polar surface area (TPSA) is 104 Å². The van der Waals surface area contributed by atoms with Crippen molar-refractivity contribution in [1.82, 2.24) is 28.7 Å². The van der Waals surface area contributed by atoms with Crippen molar-refractivity contribution in [3.63, 3.8) is 0 Å². The molecular weight excluding hydrogens is 684 g/mol. The molecule has 1 saturated carbocycles. The molecule has 8 rings (SSSR count). The predicted molar refractivity (Wildman–Crippen MR) is 200 cm³/mol. The van der Waals surface area contributed by atoms with Crippen molar-refractivity contribution in [1.29, 1.82) is 0 Å². The summed E-state index contributed by atoms with van der Waals surface area (Å²) in [5.74, 6) is -0.0660.